The third-order valence-corrected chi connectivity index (χ3v) is 4.69. The third kappa shape index (κ3) is 5.78. The molecule has 0 atom stereocenters. The van der Waals surface area contributed by atoms with Crippen LogP contribution in [0.1, 0.15) is 37.9 Å². The van der Waals surface area contributed by atoms with E-state index in [0.29, 0.717) is 31.5 Å². The molecule has 0 spiro atoms. The van der Waals surface area contributed by atoms with E-state index >= 15 is 0 Å². The number of ether oxygens (including phenoxy) is 1. The fourth-order valence-corrected chi connectivity index (χ4v) is 2.98. The van der Waals surface area contributed by atoms with E-state index < -0.39 is 10.0 Å². The summed E-state index contributed by atoms with van der Waals surface area (Å²) in [5.74, 6) is 0.655. The average Bonchev–Trinajstić information content (AvgIpc) is 3.16. The highest BCUT2D eigenvalue weighted by molar-refractivity contribution is 7.89. The van der Waals surface area contributed by atoms with Gasteiger partial charge in [-0.2, -0.15) is 0 Å². The second-order valence-electron chi connectivity index (χ2n) is 5.33. The van der Waals surface area contributed by atoms with Gasteiger partial charge in [-0.15, -0.1) is 0 Å². The molecule has 2 rings (SSSR count). The van der Waals surface area contributed by atoms with Crippen molar-refractivity contribution in [2.75, 3.05) is 20.3 Å². The summed E-state index contributed by atoms with van der Waals surface area (Å²) in [5, 5.41) is 3.28. The summed E-state index contributed by atoms with van der Waals surface area (Å²) in [4.78, 5) is 0. The lowest BCUT2D eigenvalue weighted by Gasteiger charge is -2.04. The van der Waals surface area contributed by atoms with Crippen LogP contribution >= 0.6 is 0 Å². The Bertz CT molecular complexity index is 523. The van der Waals surface area contributed by atoms with Crippen molar-refractivity contribution >= 4 is 10.0 Å². The van der Waals surface area contributed by atoms with Gasteiger partial charge in [0.05, 0.1) is 6.54 Å². The van der Waals surface area contributed by atoms with Crippen LogP contribution in [0.3, 0.4) is 0 Å². The molecule has 7 heteroatoms. The van der Waals surface area contributed by atoms with Crippen LogP contribution < -0.4 is 10.0 Å². The lowest BCUT2D eigenvalue weighted by atomic mass is 10.2. The summed E-state index contributed by atoms with van der Waals surface area (Å²) in [6.07, 6.45) is 5.05. The highest BCUT2D eigenvalue weighted by Gasteiger charge is 2.22. The Morgan fingerprint density at radius 1 is 1.29 bits per heavy atom. The van der Waals surface area contributed by atoms with Crippen molar-refractivity contribution in [3.63, 3.8) is 0 Å². The molecule has 1 saturated carbocycles. The molecule has 6 nitrogen and oxygen atoms in total. The molecule has 0 bridgehead atoms. The smallest absolute Gasteiger partial charge is 0.273 e. The van der Waals surface area contributed by atoms with Crippen molar-refractivity contribution in [1.82, 2.24) is 10.0 Å². The van der Waals surface area contributed by atoms with Gasteiger partial charge in [0.25, 0.3) is 10.0 Å². The lowest BCUT2D eigenvalue weighted by molar-refractivity contribution is 0.192. The van der Waals surface area contributed by atoms with Crippen LogP contribution in [-0.2, 0) is 21.3 Å². The molecule has 21 heavy (non-hydrogen) atoms. The van der Waals surface area contributed by atoms with Crippen molar-refractivity contribution in [3.8, 4) is 0 Å². The maximum Gasteiger partial charge on any atom is 0.273 e. The quantitative estimate of drug-likeness (QED) is 0.607. The van der Waals surface area contributed by atoms with E-state index in [1.807, 2.05) is 0 Å². The van der Waals surface area contributed by atoms with Gasteiger partial charge in [0, 0.05) is 26.3 Å². The van der Waals surface area contributed by atoms with Crippen molar-refractivity contribution < 1.29 is 17.6 Å². The summed E-state index contributed by atoms with van der Waals surface area (Å²) in [7, 11) is -1.87. The number of rotatable bonds is 11. The Balaban J connectivity index is 1.73. The Labute approximate surface area is 126 Å². The molecule has 0 radical (unpaired) electrons. The molecular weight excluding hydrogens is 292 g/mol. The van der Waals surface area contributed by atoms with E-state index in [1.165, 1.54) is 18.9 Å². The molecule has 0 amide bonds. The summed E-state index contributed by atoms with van der Waals surface area (Å²) in [6.45, 7) is 1.71. The number of furan rings is 1. The van der Waals surface area contributed by atoms with E-state index in [9.17, 15) is 8.42 Å². The molecule has 0 aromatic carbocycles. The standard InChI is InChI=1S/C14H24N2O4S/c1-19-10-4-2-3-9-16-21(17,18)14-8-7-13(20-14)11-15-12-5-6-12/h7-8,12,15-16H,2-6,9-11H2,1H3. The Morgan fingerprint density at radius 3 is 2.81 bits per heavy atom. The summed E-state index contributed by atoms with van der Waals surface area (Å²) in [6, 6.07) is 3.79. The SMILES string of the molecule is COCCCCCNS(=O)(=O)c1ccc(CNC2CC2)o1. The van der Waals surface area contributed by atoms with Crippen LogP contribution in [0, 0.1) is 0 Å². The molecule has 1 aromatic heterocycles. The zero-order chi connectivity index (χ0) is 15.1. The predicted molar refractivity (Wildman–Crippen MR) is 79.5 cm³/mol. The largest absolute Gasteiger partial charge is 0.447 e. The molecule has 1 aromatic rings. The summed E-state index contributed by atoms with van der Waals surface area (Å²) in [5.41, 5.74) is 0. The monoisotopic (exact) mass is 316 g/mol. The maximum absolute atomic E-state index is 12.0. The van der Waals surface area contributed by atoms with E-state index in [-0.39, 0.29) is 5.09 Å². The van der Waals surface area contributed by atoms with E-state index in [0.717, 1.165) is 19.3 Å². The van der Waals surface area contributed by atoms with E-state index in [4.69, 9.17) is 9.15 Å². The van der Waals surface area contributed by atoms with Crippen LogP contribution in [0.4, 0.5) is 0 Å². The van der Waals surface area contributed by atoms with Crippen molar-refractivity contribution in [1.29, 1.82) is 0 Å². The molecule has 1 fully saturated rings. The molecule has 0 unspecified atom stereocenters. The minimum Gasteiger partial charge on any atom is -0.447 e. The third-order valence-electron chi connectivity index (χ3n) is 3.36. The number of nitrogens with one attached hydrogen (secondary N) is 2. The maximum atomic E-state index is 12.0. The van der Waals surface area contributed by atoms with Crippen LogP contribution in [0.15, 0.2) is 21.6 Å². The van der Waals surface area contributed by atoms with Gasteiger partial charge >= 0.3 is 0 Å². The zero-order valence-corrected chi connectivity index (χ0v) is 13.2. The highest BCUT2D eigenvalue weighted by atomic mass is 32.2. The van der Waals surface area contributed by atoms with Gasteiger partial charge in [-0.3, -0.25) is 0 Å². The molecule has 1 aliphatic carbocycles. The number of unbranched alkanes of at least 4 members (excludes halogenated alkanes) is 2. The van der Waals surface area contributed by atoms with Crippen LogP contribution in [0.2, 0.25) is 0 Å². The fourth-order valence-electron chi connectivity index (χ4n) is 1.96. The molecule has 1 heterocycles. The second kappa shape index (κ2) is 7.93. The normalized spacial score (nSPS) is 15.5. The van der Waals surface area contributed by atoms with Gasteiger partial charge in [0.15, 0.2) is 0 Å². The average molecular weight is 316 g/mol. The molecule has 1 aliphatic rings. The number of methoxy groups -OCH3 is 1. The highest BCUT2D eigenvalue weighted by Crippen LogP contribution is 2.20. The van der Waals surface area contributed by atoms with Gasteiger partial charge < -0.3 is 14.5 Å². The molecule has 120 valence electrons. The fraction of sp³-hybridized carbons (Fsp3) is 0.714. The van der Waals surface area contributed by atoms with Gasteiger partial charge in [-0.1, -0.05) is 0 Å². The molecular formula is C14H24N2O4S. The number of hydrogen-bond donors (Lipinski definition) is 2. The summed E-state index contributed by atoms with van der Waals surface area (Å²) < 4.78 is 37.0. The molecule has 2 N–H and O–H groups in total. The number of hydrogen-bond acceptors (Lipinski definition) is 5. The Kier molecular flexibility index (Phi) is 6.22. The minimum atomic E-state index is -3.53. The first-order chi connectivity index (χ1) is 10.1. The first-order valence-electron chi connectivity index (χ1n) is 7.42. The van der Waals surface area contributed by atoms with Crippen LogP contribution in [0.5, 0.6) is 0 Å². The number of sulfonamides is 1. The topological polar surface area (TPSA) is 80.6 Å². The zero-order valence-electron chi connectivity index (χ0n) is 12.4. The van der Waals surface area contributed by atoms with Crippen LogP contribution in [-0.4, -0.2) is 34.7 Å². The lowest BCUT2D eigenvalue weighted by Crippen LogP contribution is -2.24. The Hall–Kier alpha value is -0.890. The van der Waals surface area contributed by atoms with Gasteiger partial charge in [0.1, 0.15) is 5.76 Å². The van der Waals surface area contributed by atoms with E-state index in [1.54, 1.807) is 13.2 Å². The van der Waals surface area contributed by atoms with Gasteiger partial charge in [-0.05, 0) is 44.2 Å². The predicted octanol–water partition coefficient (Wildman–Crippen LogP) is 1.63. The first kappa shape index (κ1) is 16.5. The molecule has 0 aliphatic heterocycles. The minimum absolute atomic E-state index is 0.00742. The van der Waals surface area contributed by atoms with Gasteiger partial charge in [-0.25, -0.2) is 13.1 Å². The Morgan fingerprint density at radius 2 is 2.10 bits per heavy atom. The molecule has 0 saturated heterocycles. The van der Waals surface area contributed by atoms with Crippen molar-refractivity contribution in [2.45, 2.75) is 49.8 Å². The van der Waals surface area contributed by atoms with Crippen LogP contribution in [0.25, 0.3) is 0 Å². The summed E-state index contributed by atoms with van der Waals surface area (Å²) >= 11 is 0. The van der Waals surface area contributed by atoms with E-state index in [2.05, 4.69) is 10.0 Å². The second-order valence-corrected chi connectivity index (χ2v) is 7.03. The van der Waals surface area contributed by atoms with Gasteiger partial charge in [0.2, 0.25) is 5.09 Å². The van der Waals surface area contributed by atoms with Crippen molar-refractivity contribution in [2.24, 2.45) is 0 Å². The first-order valence-corrected chi connectivity index (χ1v) is 8.91. The van der Waals surface area contributed by atoms with Crippen molar-refractivity contribution in [3.05, 3.63) is 17.9 Å².